The number of nitrogens with zero attached hydrogens (tertiary/aromatic N) is 2. The molecular weight excluding hydrogens is 202 g/mol. The van der Waals surface area contributed by atoms with Gasteiger partial charge in [-0.3, -0.25) is 4.98 Å². The van der Waals surface area contributed by atoms with Crippen LogP contribution in [0.1, 0.15) is 0 Å². The number of anilines is 1. The Hall–Kier alpha value is -1.13. The highest BCUT2D eigenvalue weighted by Gasteiger charge is 2.50. The summed E-state index contributed by atoms with van der Waals surface area (Å²) in [5.74, 6) is 0.602. The van der Waals surface area contributed by atoms with Gasteiger partial charge < -0.3 is 15.0 Å². The monoisotopic (exact) mass is 219 g/mol. The van der Waals surface area contributed by atoms with Gasteiger partial charge in [-0.05, 0) is 12.1 Å². The first-order valence-electron chi connectivity index (χ1n) is 5.75. The van der Waals surface area contributed by atoms with E-state index in [-0.39, 0.29) is 5.60 Å². The van der Waals surface area contributed by atoms with E-state index in [4.69, 9.17) is 4.74 Å². The van der Waals surface area contributed by atoms with Crippen LogP contribution >= 0.6 is 0 Å². The average molecular weight is 219 g/mol. The summed E-state index contributed by atoms with van der Waals surface area (Å²) in [6, 6.07) is 4.13. The van der Waals surface area contributed by atoms with Crippen molar-refractivity contribution in [2.75, 3.05) is 38.2 Å². The summed E-state index contributed by atoms with van der Waals surface area (Å²) in [6.07, 6.45) is 3.70. The summed E-state index contributed by atoms with van der Waals surface area (Å²) in [5, 5.41) is 3.42. The van der Waals surface area contributed by atoms with E-state index in [0.29, 0.717) is 5.92 Å². The van der Waals surface area contributed by atoms with Gasteiger partial charge in [-0.1, -0.05) is 0 Å². The third-order valence-electron chi connectivity index (χ3n) is 3.89. The molecule has 0 bridgehead atoms. The van der Waals surface area contributed by atoms with Crippen molar-refractivity contribution in [1.29, 1.82) is 0 Å². The quantitative estimate of drug-likeness (QED) is 0.786. The van der Waals surface area contributed by atoms with E-state index in [1.807, 2.05) is 19.5 Å². The second kappa shape index (κ2) is 3.71. The van der Waals surface area contributed by atoms with Gasteiger partial charge in [0, 0.05) is 57.3 Å². The summed E-state index contributed by atoms with van der Waals surface area (Å²) in [5.41, 5.74) is 1.27. The second-order valence-corrected chi connectivity index (χ2v) is 4.68. The smallest absolute Gasteiger partial charge is 0.103 e. The van der Waals surface area contributed by atoms with Crippen molar-refractivity contribution >= 4 is 5.69 Å². The van der Waals surface area contributed by atoms with Crippen molar-refractivity contribution < 1.29 is 4.74 Å². The molecule has 0 radical (unpaired) electrons. The first-order chi connectivity index (χ1) is 7.84. The Morgan fingerprint density at radius 1 is 1.50 bits per heavy atom. The lowest BCUT2D eigenvalue weighted by Crippen LogP contribution is -2.41. The predicted octanol–water partition coefficient (Wildman–Crippen LogP) is 0.506. The minimum absolute atomic E-state index is 0.0171. The molecule has 0 aromatic carbocycles. The molecule has 2 unspecified atom stereocenters. The number of hydrogen-bond acceptors (Lipinski definition) is 4. The van der Waals surface area contributed by atoms with Crippen molar-refractivity contribution in [2.24, 2.45) is 5.92 Å². The van der Waals surface area contributed by atoms with Crippen LogP contribution in [0.15, 0.2) is 24.5 Å². The van der Waals surface area contributed by atoms with Crippen molar-refractivity contribution in [2.45, 2.75) is 5.60 Å². The van der Waals surface area contributed by atoms with Gasteiger partial charge >= 0.3 is 0 Å². The third-order valence-corrected chi connectivity index (χ3v) is 3.89. The zero-order valence-electron chi connectivity index (χ0n) is 9.52. The molecule has 2 aliphatic rings. The molecule has 1 aromatic heterocycles. The van der Waals surface area contributed by atoms with Gasteiger partial charge in [0.15, 0.2) is 0 Å². The highest BCUT2D eigenvalue weighted by molar-refractivity contribution is 5.47. The van der Waals surface area contributed by atoms with E-state index in [2.05, 4.69) is 27.3 Å². The van der Waals surface area contributed by atoms with E-state index in [0.717, 1.165) is 26.2 Å². The van der Waals surface area contributed by atoms with Crippen LogP contribution in [-0.2, 0) is 4.74 Å². The van der Waals surface area contributed by atoms with E-state index < -0.39 is 0 Å². The highest BCUT2D eigenvalue weighted by Crippen LogP contribution is 2.35. The van der Waals surface area contributed by atoms with Gasteiger partial charge in [0.05, 0.1) is 0 Å². The molecule has 16 heavy (non-hydrogen) atoms. The van der Waals surface area contributed by atoms with E-state index in [9.17, 15) is 0 Å². The largest absolute Gasteiger partial charge is 0.375 e. The fourth-order valence-corrected chi connectivity index (χ4v) is 2.91. The maximum Gasteiger partial charge on any atom is 0.103 e. The molecule has 4 nitrogen and oxygen atoms in total. The maximum absolute atomic E-state index is 5.75. The number of rotatable bonds is 2. The van der Waals surface area contributed by atoms with Crippen LogP contribution in [0.2, 0.25) is 0 Å². The Balaban J connectivity index is 1.83. The van der Waals surface area contributed by atoms with Gasteiger partial charge in [0.25, 0.3) is 0 Å². The van der Waals surface area contributed by atoms with Crippen molar-refractivity contribution in [3.05, 3.63) is 24.5 Å². The van der Waals surface area contributed by atoms with Crippen LogP contribution in [0.5, 0.6) is 0 Å². The zero-order chi connectivity index (χ0) is 11.0. The fraction of sp³-hybridized carbons (Fsp3) is 0.583. The highest BCUT2D eigenvalue weighted by atomic mass is 16.5. The summed E-state index contributed by atoms with van der Waals surface area (Å²) < 4.78 is 5.75. The molecule has 0 saturated carbocycles. The lowest BCUT2D eigenvalue weighted by molar-refractivity contribution is 0.00153. The number of methoxy groups -OCH3 is 1. The first-order valence-corrected chi connectivity index (χ1v) is 5.75. The zero-order valence-corrected chi connectivity index (χ0v) is 9.52. The molecule has 4 heteroatoms. The van der Waals surface area contributed by atoms with E-state index in [1.165, 1.54) is 5.69 Å². The topological polar surface area (TPSA) is 37.4 Å². The minimum Gasteiger partial charge on any atom is -0.375 e. The first kappa shape index (κ1) is 10.1. The Morgan fingerprint density at radius 2 is 2.31 bits per heavy atom. The molecule has 0 aliphatic carbocycles. The van der Waals surface area contributed by atoms with Crippen molar-refractivity contribution in [1.82, 2.24) is 10.3 Å². The Morgan fingerprint density at radius 3 is 3.00 bits per heavy atom. The Bertz CT molecular complexity index is 370. The summed E-state index contributed by atoms with van der Waals surface area (Å²) >= 11 is 0. The molecule has 2 fully saturated rings. The summed E-state index contributed by atoms with van der Waals surface area (Å²) in [6.45, 7) is 4.08. The van der Waals surface area contributed by atoms with Crippen LogP contribution in [0.3, 0.4) is 0 Å². The van der Waals surface area contributed by atoms with Crippen LogP contribution < -0.4 is 10.2 Å². The van der Waals surface area contributed by atoms with Crippen molar-refractivity contribution in [3.63, 3.8) is 0 Å². The van der Waals surface area contributed by atoms with Gasteiger partial charge in [-0.15, -0.1) is 0 Å². The molecule has 3 heterocycles. The van der Waals surface area contributed by atoms with Crippen LogP contribution in [0.4, 0.5) is 5.69 Å². The SMILES string of the molecule is COC12CNCC1CN(c1ccncc1)C2. The fourth-order valence-electron chi connectivity index (χ4n) is 2.91. The maximum atomic E-state index is 5.75. The number of fused-ring (bicyclic) bond motifs is 1. The van der Waals surface area contributed by atoms with Gasteiger partial charge in [0.2, 0.25) is 0 Å². The summed E-state index contributed by atoms with van der Waals surface area (Å²) in [4.78, 5) is 6.46. The van der Waals surface area contributed by atoms with Crippen LogP contribution in [0, 0.1) is 5.92 Å². The molecule has 3 rings (SSSR count). The minimum atomic E-state index is 0.0171. The normalized spacial score (nSPS) is 33.1. The molecule has 1 aromatic rings. The number of nitrogens with one attached hydrogen (secondary N) is 1. The van der Waals surface area contributed by atoms with Crippen LogP contribution in [-0.4, -0.2) is 43.9 Å². The molecule has 0 amide bonds. The number of ether oxygens (including phenoxy) is 1. The summed E-state index contributed by atoms with van der Waals surface area (Å²) in [7, 11) is 1.83. The lowest BCUT2D eigenvalue weighted by atomic mass is 9.95. The molecule has 2 aliphatic heterocycles. The molecule has 0 spiro atoms. The van der Waals surface area contributed by atoms with Gasteiger partial charge in [-0.2, -0.15) is 0 Å². The van der Waals surface area contributed by atoms with Crippen molar-refractivity contribution in [3.8, 4) is 0 Å². The molecule has 86 valence electrons. The average Bonchev–Trinajstić information content (AvgIpc) is 2.86. The Labute approximate surface area is 95.6 Å². The number of hydrogen-bond donors (Lipinski definition) is 1. The molecular formula is C12H17N3O. The Kier molecular flexibility index (Phi) is 2.33. The second-order valence-electron chi connectivity index (χ2n) is 4.68. The van der Waals surface area contributed by atoms with Gasteiger partial charge in [-0.25, -0.2) is 0 Å². The lowest BCUT2D eigenvalue weighted by Gasteiger charge is -2.26. The molecule has 1 N–H and O–H groups in total. The van der Waals surface area contributed by atoms with Gasteiger partial charge in [0.1, 0.15) is 5.60 Å². The standard InChI is InChI=1S/C12H17N3O/c1-16-12-8-14-6-10(12)7-15(9-12)11-2-4-13-5-3-11/h2-5,10,14H,6-9H2,1H3. The predicted molar refractivity (Wildman–Crippen MR) is 62.5 cm³/mol. The third kappa shape index (κ3) is 1.41. The van der Waals surface area contributed by atoms with E-state index >= 15 is 0 Å². The molecule has 2 atom stereocenters. The number of pyridine rings is 1. The number of aromatic nitrogens is 1. The van der Waals surface area contributed by atoms with E-state index in [1.54, 1.807) is 0 Å². The molecule has 2 saturated heterocycles. The van der Waals surface area contributed by atoms with Crippen LogP contribution in [0.25, 0.3) is 0 Å².